The van der Waals surface area contributed by atoms with E-state index in [0.29, 0.717) is 0 Å². The highest BCUT2D eigenvalue weighted by Gasteiger charge is 2.21. The molecule has 0 spiro atoms. The van der Waals surface area contributed by atoms with Crippen molar-refractivity contribution in [2.45, 2.75) is 18.7 Å². The molecule has 0 N–H and O–H groups in total. The number of alkyl halides is 1. The van der Waals surface area contributed by atoms with Crippen LogP contribution in [-0.4, -0.2) is 28.7 Å². The lowest BCUT2D eigenvalue weighted by Gasteiger charge is -2.15. The molecule has 1 aromatic rings. The predicted octanol–water partition coefficient (Wildman–Crippen LogP) is 1.60. The van der Waals surface area contributed by atoms with E-state index in [2.05, 4.69) is 15.1 Å². The lowest BCUT2D eigenvalue weighted by Crippen LogP contribution is -2.21. The molecule has 1 fully saturated rings. The third kappa shape index (κ3) is 1.91. The van der Waals surface area contributed by atoms with E-state index in [-0.39, 0.29) is 5.38 Å². The van der Waals surface area contributed by atoms with Gasteiger partial charge in [-0.15, -0.1) is 16.7 Å². The van der Waals surface area contributed by atoms with Crippen molar-refractivity contribution in [3.05, 3.63) is 17.8 Å². The van der Waals surface area contributed by atoms with Crippen molar-refractivity contribution in [3.8, 4) is 0 Å². The Bertz CT molecular complexity index is 285. The molecule has 1 saturated heterocycles. The summed E-state index contributed by atoms with van der Waals surface area (Å²) in [7, 11) is 0. The number of hydrogen-bond acceptors (Lipinski definition) is 3. The molecule has 1 unspecified atom stereocenters. The minimum absolute atomic E-state index is 0.267. The number of rotatable bonds is 1. The molecular weight excluding hydrogens is 186 g/mol. The highest BCUT2D eigenvalue weighted by atomic mass is 35.5. The monoisotopic (exact) mass is 197 g/mol. The number of halogens is 1. The second-order valence-corrected chi connectivity index (χ2v) is 3.98. The fraction of sp³-hybridized carbons (Fsp3) is 0.556. The second-order valence-electron chi connectivity index (χ2n) is 3.36. The third-order valence-electron chi connectivity index (χ3n) is 2.24. The standard InChI is InChI=1S/C9H12ClN3/c1-7-2-3-9(12-11-7)13-5-4-8(10)6-13/h2-3,8H,4-6H2,1H3. The summed E-state index contributed by atoms with van der Waals surface area (Å²) >= 11 is 6.00. The van der Waals surface area contributed by atoms with Crippen LogP contribution in [0.2, 0.25) is 0 Å². The van der Waals surface area contributed by atoms with Gasteiger partial charge in [-0.05, 0) is 25.5 Å². The van der Waals surface area contributed by atoms with Crippen molar-refractivity contribution in [2.75, 3.05) is 18.0 Å². The lowest BCUT2D eigenvalue weighted by molar-refractivity contribution is 0.880. The maximum absolute atomic E-state index is 6.00. The molecule has 4 heteroatoms. The zero-order valence-electron chi connectivity index (χ0n) is 7.57. The fourth-order valence-electron chi connectivity index (χ4n) is 1.49. The molecule has 3 nitrogen and oxygen atoms in total. The van der Waals surface area contributed by atoms with Crippen LogP contribution in [0.3, 0.4) is 0 Å². The Hall–Kier alpha value is -0.830. The summed E-state index contributed by atoms with van der Waals surface area (Å²) in [5.41, 5.74) is 0.949. The molecular formula is C9H12ClN3. The van der Waals surface area contributed by atoms with Gasteiger partial charge in [-0.1, -0.05) is 0 Å². The van der Waals surface area contributed by atoms with Crippen LogP contribution in [-0.2, 0) is 0 Å². The maximum Gasteiger partial charge on any atom is 0.151 e. The number of anilines is 1. The van der Waals surface area contributed by atoms with Crippen LogP contribution in [0, 0.1) is 6.92 Å². The zero-order valence-corrected chi connectivity index (χ0v) is 8.33. The summed E-state index contributed by atoms with van der Waals surface area (Å²) in [4.78, 5) is 2.17. The van der Waals surface area contributed by atoms with Gasteiger partial charge in [0.2, 0.25) is 0 Å². The summed E-state index contributed by atoms with van der Waals surface area (Å²) in [5.74, 6) is 0.939. The van der Waals surface area contributed by atoms with Crippen LogP contribution >= 0.6 is 11.6 Å². The quantitative estimate of drug-likeness (QED) is 0.641. The van der Waals surface area contributed by atoms with Gasteiger partial charge in [-0.2, -0.15) is 5.10 Å². The summed E-state index contributed by atoms with van der Waals surface area (Å²) in [6, 6.07) is 3.97. The Kier molecular flexibility index (Phi) is 2.36. The van der Waals surface area contributed by atoms with E-state index in [1.807, 2.05) is 19.1 Å². The molecule has 1 aliphatic rings. The average molecular weight is 198 g/mol. The maximum atomic E-state index is 6.00. The minimum atomic E-state index is 0.267. The van der Waals surface area contributed by atoms with Gasteiger partial charge < -0.3 is 4.90 Å². The Morgan fingerprint density at radius 1 is 1.46 bits per heavy atom. The van der Waals surface area contributed by atoms with Crippen LogP contribution < -0.4 is 4.90 Å². The highest BCUT2D eigenvalue weighted by molar-refractivity contribution is 6.21. The normalized spacial score (nSPS) is 22.3. The van der Waals surface area contributed by atoms with Crippen molar-refractivity contribution in [1.29, 1.82) is 0 Å². The van der Waals surface area contributed by atoms with E-state index in [9.17, 15) is 0 Å². The van der Waals surface area contributed by atoms with E-state index < -0.39 is 0 Å². The van der Waals surface area contributed by atoms with Crippen LogP contribution in [0.1, 0.15) is 12.1 Å². The van der Waals surface area contributed by atoms with Crippen LogP contribution in [0.5, 0.6) is 0 Å². The van der Waals surface area contributed by atoms with E-state index in [4.69, 9.17) is 11.6 Å². The van der Waals surface area contributed by atoms with Crippen LogP contribution in [0.15, 0.2) is 12.1 Å². The first-order valence-electron chi connectivity index (χ1n) is 4.45. The largest absolute Gasteiger partial charge is 0.354 e. The number of hydrogen-bond donors (Lipinski definition) is 0. The van der Waals surface area contributed by atoms with Crippen molar-refractivity contribution in [3.63, 3.8) is 0 Å². The number of aromatic nitrogens is 2. The van der Waals surface area contributed by atoms with Gasteiger partial charge in [0.15, 0.2) is 5.82 Å². The molecule has 1 aromatic heterocycles. The first-order valence-corrected chi connectivity index (χ1v) is 4.89. The number of aryl methyl sites for hydroxylation is 1. The van der Waals surface area contributed by atoms with Crippen molar-refractivity contribution >= 4 is 17.4 Å². The SMILES string of the molecule is Cc1ccc(N2CCC(Cl)C2)nn1. The Morgan fingerprint density at radius 2 is 2.31 bits per heavy atom. The van der Waals surface area contributed by atoms with Crippen LogP contribution in [0.25, 0.3) is 0 Å². The summed E-state index contributed by atoms with van der Waals surface area (Å²) in [5, 5.41) is 8.39. The molecule has 1 aliphatic heterocycles. The van der Waals surface area contributed by atoms with Gasteiger partial charge in [-0.25, -0.2) is 0 Å². The molecule has 13 heavy (non-hydrogen) atoms. The van der Waals surface area contributed by atoms with Crippen molar-refractivity contribution in [2.24, 2.45) is 0 Å². The minimum Gasteiger partial charge on any atom is -0.354 e. The van der Waals surface area contributed by atoms with Gasteiger partial charge in [0.05, 0.1) is 11.1 Å². The molecule has 2 heterocycles. The molecule has 0 radical (unpaired) electrons. The van der Waals surface area contributed by atoms with E-state index in [1.54, 1.807) is 0 Å². The first-order chi connectivity index (χ1) is 6.25. The molecule has 0 bridgehead atoms. The highest BCUT2D eigenvalue weighted by Crippen LogP contribution is 2.20. The smallest absolute Gasteiger partial charge is 0.151 e. The van der Waals surface area contributed by atoms with Crippen LogP contribution in [0.4, 0.5) is 5.82 Å². The van der Waals surface area contributed by atoms with E-state index in [1.165, 1.54) is 0 Å². The molecule has 0 saturated carbocycles. The van der Waals surface area contributed by atoms with E-state index in [0.717, 1.165) is 31.0 Å². The Balaban J connectivity index is 2.13. The van der Waals surface area contributed by atoms with Gasteiger partial charge in [0.25, 0.3) is 0 Å². The third-order valence-corrected chi connectivity index (χ3v) is 2.59. The fourth-order valence-corrected chi connectivity index (χ4v) is 1.75. The lowest BCUT2D eigenvalue weighted by atomic mass is 10.4. The second kappa shape index (κ2) is 3.50. The van der Waals surface area contributed by atoms with Crippen molar-refractivity contribution < 1.29 is 0 Å². The zero-order chi connectivity index (χ0) is 9.26. The molecule has 70 valence electrons. The molecule has 2 rings (SSSR count). The average Bonchev–Trinajstić information content (AvgIpc) is 2.53. The van der Waals surface area contributed by atoms with Gasteiger partial charge >= 0.3 is 0 Å². The molecule has 1 atom stereocenters. The summed E-state index contributed by atoms with van der Waals surface area (Å²) in [6.45, 7) is 3.82. The summed E-state index contributed by atoms with van der Waals surface area (Å²) in [6.07, 6.45) is 1.04. The van der Waals surface area contributed by atoms with Crippen molar-refractivity contribution in [1.82, 2.24) is 10.2 Å². The van der Waals surface area contributed by atoms with Gasteiger partial charge in [0.1, 0.15) is 0 Å². The Morgan fingerprint density at radius 3 is 2.85 bits per heavy atom. The Labute approximate surface area is 82.7 Å². The molecule has 0 aliphatic carbocycles. The number of nitrogens with zero attached hydrogens (tertiary/aromatic N) is 3. The predicted molar refractivity (Wildman–Crippen MR) is 53.2 cm³/mol. The van der Waals surface area contributed by atoms with Gasteiger partial charge in [-0.3, -0.25) is 0 Å². The van der Waals surface area contributed by atoms with Gasteiger partial charge in [0, 0.05) is 13.1 Å². The first kappa shape index (κ1) is 8.75. The summed E-state index contributed by atoms with van der Waals surface area (Å²) < 4.78 is 0. The molecule has 0 aromatic carbocycles. The molecule has 0 amide bonds. The topological polar surface area (TPSA) is 29.0 Å². The van der Waals surface area contributed by atoms with E-state index >= 15 is 0 Å².